The molecule has 2 N–H and O–H groups in total. The van der Waals surface area contributed by atoms with E-state index in [1.807, 2.05) is 6.07 Å². The first-order chi connectivity index (χ1) is 15.5. The fourth-order valence-corrected chi connectivity index (χ4v) is 3.30. The number of halogens is 2. The molecule has 33 heavy (non-hydrogen) atoms. The van der Waals surface area contributed by atoms with Gasteiger partial charge in [-0.15, -0.1) is 0 Å². The predicted molar refractivity (Wildman–Crippen MR) is 129 cm³/mol. The van der Waals surface area contributed by atoms with Crippen LogP contribution in [0.15, 0.2) is 42.5 Å². The molecular formula is C24H28Cl2N2O5. The van der Waals surface area contributed by atoms with Crippen molar-refractivity contribution < 1.29 is 23.9 Å². The zero-order chi connectivity index (χ0) is 24.4. The fraction of sp³-hybridized carbons (Fsp3) is 0.375. The maximum Gasteiger partial charge on any atom is 0.310 e. The Morgan fingerprint density at radius 2 is 1.61 bits per heavy atom. The van der Waals surface area contributed by atoms with Crippen molar-refractivity contribution in [2.24, 2.45) is 0 Å². The third-order valence-corrected chi connectivity index (χ3v) is 4.87. The molecule has 1 amide bonds. The Labute approximate surface area is 203 Å². The number of anilines is 2. The molecule has 2 aromatic rings. The van der Waals surface area contributed by atoms with Crippen LogP contribution in [-0.4, -0.2) is 36.6 Å². The fourth-order valence-electron chi connectivity index (χ4n) is 2.80. The minimum Gasteiger partial charge on any atom is -0.460 e. The molecule has 0 unspecified atom stereocenters. The Hall–Kier alpha value is -2.77. The van der Waals surface area contributed by atoms with E-state index in [0.717, 1.165) is 0 Å². The number of benzene rings is 2. The van der Waals surface area contributed by atoms with Gasteiger partial charge in [0.15, 0.2) is 6.61 Å². The van der Waals surface area contributed by atoms with E-state index >= 15 is 0 Å². The number of carbonyl (C=O) groups excluding carboxylic acids is 3. The van der Waals surface area contributed by atoms with Gasteiger partial charge in [0.2, 0.25) is 0 Å². The molecule has 7 nitrogen and oxygen atoms in total. The van der Waals surface area contributed by atoms with Crippen LogP contribution in [-0.2, 0) is 30.3 Å². The van der Waals surface area contributed by atoms with Gasteiger partial charge in [-0.2, -0.15) is 0 Å². The number of para-hydroxylation sites is 2. The van der Waals surface area contributed by atoms with Crippen molar-refractivity contribution in [1.82, 2.24) is 5.32 Å². The molecule has 0 saturated carbocycles. The van der Waals surface area contributed by atoms with E-state index in [1.54, 1.807) is 57.2 Å². The van der Waals surface area contributed by atoms with Gasteiger partial charge in [0.05, 0.1) is 22.2 Å². The molecule has 0 aliphatic carbocycles. The first-order valence-corrected chi connectivity index (χ1v) is 11.2. The molecule has 9 heteroatoms. The Bertz CT molecular complexity index is 969. The second-order valence-corrected chi connectivity index (χ2v) is 9.07. The van der Waals surface area contributed by atoms with Gasteiger partial charge in [0.25, 0.3) is 5.91 Å². The number of amides is 1. The predicted octanol–water partition coefficient (Wildman–Crippen LogP) is 5.06. The van der Waals surface area contributed by atoms with Crippen LogP contribution in [0.1, 0.15) is 39.2 Å². The highest BCUT2D eigenvalue weighted by molar-refractivity contribution is 6.39. The van der Waals surface area contributed by atoms with Crippen molar-refractivity contribution in [2.75, 3.05) is 18.5 Å². The van der Waals surface area contributed by atoms with Crippen molar-refractivity contribution >= 4 is 52.4 Å². The lowest BCUT2D eigenvalue weighted by atomic mass is 10.1. The summed E-state index contributed by atoms with van der Waals surface area (Å²) < 4.78 is 10.3. The molecule has 0 bridgehead atoms. The highest BCUT2D eigenvalue weighted by Crippen LogP contribution is 2.33. The number of hydrogen-bond acceptors (Lipinski definition) is 6. The topological polar surface area (TPSA) is 93.7 Å². The molecule has 0 aliphatic rings. The molecule has 2 aromatic carbocycles. The standard InChI is InChI=1S/C24H28Cl2N2O5/c1-24(2,3)33-21(30)12-7-13-27-20(29)15-32-22(31)14-16-8-4-5-11-19(16)28-23-17(25)9-6-10-18(23)26/h4-6,8-11,28H,7,12-15H2,1-3H3,(H,27,29). The number of nitrogens with one attached hydrogen (secondary N) is 2. The molecule has 0 aliphatic heterocycles. The lowest BCUT2D eigenvalue weighted by Gasteiger charge is -2.19. The third kappa shape index (κ3) is 9.72. The number of rotatable bonds is 10. The zero-order valence-corrected chi connectivity index (χ0v) is 20.4. The third-order valence-electron chi connectivity index (χ3n) is 4.24. The van der Waals surface area contributed by atoms with Crippen LogP contribution in [0.3, 0.4) is 0 Å². The molecule has 0 fully saturated rings. The molecule has 0 saturated heterocycles. The van der Waals surface area contributed by atoms with E-state index in [1.165, 1.54) is 0 Å². The van der Waals surface area contributed by atoms with Crippen molar-refractivity contribution in [3.05, 3.63) is 58.1 Å². The summed E-state index contributed by atoms with van der Waals surface area (Å²) in [5, 5.41) is 6.65. The summed E-state index contributed by atoms with van der Waals surface area (Å²) in [7, 11) is 0. The molecular weight excluding hydrogens is 467 g/mol. The number of carbonyl (C=O) groups is 3. The van der Waals surface area contributed by atoms with E-state index in [0.29, 0.717) is 33.4 Å². The Kier molecular flexibility index (Phi) is 10.0. The summed E-state index contributed by atoms with van der Waals surface area (Å²) in [6.07, 6.45) is 0.575. The summed E-state index contributed by atoms with van der Waals surface area (Å²) in [6, 6.07) is 12.3. The molecule has 0 aromatic heterocycles. The van der Waals surface area contributed by atoms with Crippen molar-refractivity contribution in [2.45, 2.75) is 45.6 Å². The number of ether oxygens (including phenoxy) is 2. The minimum atomic E-state index is -0.557. The lowest BCUT2D eigenvalue weighted by Crippen LogP contribution is -2.30. The Morgan fingerprint density at radius 3 is 2.27 bits per heavy atom. The maximum absolute atomic E-state index is 12.3. The van der Waals surface area contributed by atoms with E-state index < -0.39 is 24.1 Å². The van der Waals surface area contributed by atoms with Gasteiger partial charge in [-0.25, -0.2) is 0 Å². The SMILES string of the molecule is CC(C)(C)OC(=O)CCCNC(=O)COC(=O)Cc1ccccc1Nc1c(Cl)cccc1Cl. The summed E-state index contributed by atoms with van der Waals surface area (Å²) in [5.74, 6) is -1.33. The van der Waals surface area contributed by atoms with Crippen LogP contribution >= 0.6 is 23.2 Å². The van der Waals surface area contributed by atoms with Crippen LogP contribution in [0.25, 0.3) is 0 Å². The second-order valence-electron chi connectivity index (χ2n) is 8.26. The van der Waals surface area contributed by atoms with Crippen LogP contribution < -0.4 is 10.6 Å². The summed E-state index contributed by atoms with van der Waals surface area (Å²) in [4.78, 5) is 35.8. The van der Waals surface area contributed by atoms with Gasteiger partial charge in [-0.3, -0.25) is 14.4 Å². The monoisotopic (exact) mass is 494 g/mol. The van der Waals surface area contributed by atoms with Crippen LogP contribution in [0, 0.1) is 0 Å². The summed E-state index contributed by atoms with van der Waals surface area (Å²) in [5.41, 5.74) is 1.31. The van der Waals surface area contributed by atoms with Crippen molar-refractivity contribution in [1.29, 1.82) is 0 Å². The smallest absolute Gasteiger partial charge is 0.310 e. The average molecular weight is 495 g/mol. The van der Waals surface area contributed by atoms with E-state index in [9.17, 15) is 14.4 Å². The Morgan fingerprint density at radius 1 is 0.939 bits per heavy atom. The normalized spacial score (nSPS) is 10.9. The van der Waals surface area contributed by atoms with Crippen molar-refractivity contribution in [3.8, 4) is 0 Å². The largest absolute Gasteiger partial charge is 0.460 e. The molecule has 0 atom stereocenters. The summed E-state index contributed by atoms with van der Waals surface area (Å²) >= 11 is 12.4. The van der Waals surface area contributed by atoms with Gasteiger partial charge in [0.1, 0.15) is 5.60 Å². The second kappa shape index (κ2) is 12.5. The highest BCUT2D eigenvalue weighted by Gasteiger charge is 2.16. The average Bonchev–Trinajstić information content (AvgIpc) is 2.72. The minimum absolute atomic E-state index is 0.0445. The Balaban J connectivity index is 1.79. The first-order valence-electron chi connectivity index (χ1n) is 10.5. The number of hydrogen-bond donors (Lipinski definition) is 2. The molecule has 0 radical (unpaired) electrons. The molecule has 178 valence electrons. The number of esters is 2. The van der Waals surface area contributed by atoms with E-state index in [2.05, 4.69) is 10.6 Å². The van der Waals surface area contributed by atoms with Crippen LogP contribution in [0.5, 0.6) is 0 Å². The molecule has 0 spiro atoms. The van der Waals surface area contributed by atoms with Crippen LogP contribution in [0.2, 0.25) is 10.0 Å². The first kappa shape index (κ1) is 26.5. The quantitative estimate of drug-likeness (QED) is 0.354. The lowest BCUT2D eigenvalue weighted by molar-refractivity contribution is -0.155. The van der Waals surface area contributed by atoms with Crippen LogP contribution in [0.4, 0.5) is 11.4 Å². The van der Waals surface area contributed by atoms with E-state index in [4.69, 9.17) is 32.7 Å². The highest BCUT2D eigenvalue weighted by atomic mass is 35.5. The van der Waals surface area contributed by atoms with Crippen molar-refractivity contribution in [3.63, 3.8) is 0 Å². The van der Waals surface area contributed by atoms with Gasteiger partial charge in [-0.1, -0.05) is 47.5 Å². The van der Waals surface area contributed by atoms with Gasteiger partial charge >= 0.3 is 11.9 Å². The van der Waals surface area contributed by atoms with Gasteiger partial charge in [0, 0.05) is 18.7 Å². The van der Waals surface area contributed by atoms with Gasteiger partial charge in [-0.05, 0) is 51.0 Å². The molecule has 0 heterocycles. The van der Waals surface area contributed by atoms with E-state index in [-0.39, 0.29) is 25.4 Å². The van der Waals surface area contributed by atoms with Gasteiger partial charge < -0.3 is 20.1 Å². The zero-order valence-electron chi connectivity index (χ0n) is 18.9. The molecule has 2 rings (SSSR count). The maximum atomic E-state index is 12.3. The summed E-state index contributed by atoms with van der Waals surface area (Å²) in [6.45, 7) is 5.25.